The van der Waals surface area contributed by atoms with E-state index in [1.165, 1.54) is 36.4 Å². The Balaban J connectivity index is 2.44. The molecule has 0 aliphatic heterocycles. The first kappa shape index (κ1) is 16.7. The summed E-state index contributed by atoms with van der Waals surface area (Å²) in [6, 6.07) is 7.43. The molecule has 0 fully saturated rings. The van der Waals surface area contributed by atoms with Crippen LogP contribution in [0.15, 0.2) is 46.6 Å². The minimum atomic E-state index is -1.23. The van der Waals surface area contributed by atoms with Gasteiger partial charge in [-0.2, -0.15) is 10.2 Å². The molecule has 0 atom stereocenters. The van der Waals surface area contributed by atoms with Gasteiger partial charge in [-0.05, 0) is 36.4 Å². The Hall–Kier alpha value is -3.68. The maximum absolute atomic E-state index is 11.0. The van der Waals surface area contributed by atoms with Gasteiger partial charge in [-0.1, -0.05) is 0 Å². The summed E-state index contributed by atoms with van der Waals surface area (Å²) in [6.07, 6.45) is 0.946. The van der Waals surface area contributed by atoms with Gasteiger partial charge >= 0.3 is 11.9 Å². The van der Waals surface area contributed by atoms with Gasteiger partial charge in [0.1, 0.15) is 12.6 Å². The number of carbonyl (C=O) groups is 4. The molecule has 0 unspecified atom stereocenters. The zero-order valence-electron chi connectivity index (χ0n) is 12.0. The molecule has 2 rings (SSSR count). The Morgan fingerprint density at radius 3 is 1.38 bits per heavy atom. The summed E-state index contributed by atoms with van der Waals surface area (Å²) in [6.45, 7) is 0. The van der Waals surface area contributed by atoms with Crippen LogP contribution in [0.1, 0.15) is 41.4 Å². The van der Waals surface area contributed by atoms with Gasteiger partial charge in [0.2, 0.25) is 0 Å². The maximum atomic E-state index is 11.0. The third kappa shape index (κ3) is 3.95. The van der Waals surface area contributed by atoms with Crippen LogP contribution in [-0.4, -0.2) is 34.7 Å². The van der Waals surface area contributed by atoms with E-state index in [4.69, 9.17) is 10.2 Å². The predicted octanol–water partition coefficient (Wildman–Crippen LogP) is 3.12. The number of carbonyl (C=O) groups excluding carboxylic acids is 2. The molecule has 0 saturated heterocycles. The summed E-state index contributed by atoms with van der Waals surface area (Å²) >= 11 is 0. The van der Waals surface area contributed by atoms with E-state index in [-0.39, 0.29) is 33.6 Å². The second kappa shape index (κ2) is 7.05. The number of hydrogen-bond acceptors (Lipinski definition) is 6. The molecule has 0 aromatic heterocycles. The number of benzene rings is 2. The fourth-order valence-corrected chi connectivity index (χ4v) is 1.88. The maximum Gasteiger partial charge on any atom is 0.335 e. The van der Waals surface area contributed by atoms with Crippen molar-refractivity contribution >= 4 is 35.9 Å². The van der Waals surface area contributed by atoms with Crippen LogP contribution in [0.4, 0.5) is 11.4 Å². The van der Waals surface area contributed by atoms with Crippen molar-refractivity contribution in [3.8, 4) is 0 Å². The molecule has 0 radical (unpaired) electrons. The number of rotatable bonds is 6. The first-order chi connectivity index (χ1) is 11.4. The van der Waals surface area contributed by atoms with Crippen LogP contribution < -0.4 is 0 Å². The molecule has 0 amide bonds. The molecule has 0 heterocycles. The van der Waals surface area contributed by atoms with Crippen molar-refractivity contribution in [1.29, 1.82) is 0 Å². The first-order valence-electron chi connectivity index (χ1n) is 6.52. The highest BCUT2D eigenvalue weighted by atomic mass is 16.4. The Morgan fingerprint density at radius 2 is 1.08 bits per heavy atom. The summed E-state index contributed by atoms with van der Waals surface area (Å²) in [7, 11) is 0. The van der Waals surface area contributed by atoms with Gasteiger partial charge < -0.3 is 10.2 Å². The molecule has 2 aromatic rings. The highest BCUT2D eigenvalue weighted by Crippen LogP contribution is 2.23. The molecular formula is C16H10N2O6. The van der Waals surface area contributed by atoms with Gasteiger partial charge in [-0.3, -0.25) is 9.59 Å². The summed E-state index contributed by atoms with van der Waals surface area (Å²) in [4.78, 5) is 43.7. The molecule has 2 N–H and O–H groups in total. The number of nitrogens with zero attached hydrogens (tertiary/aromatic N) is 2. The van der Waals surface area contributed by atoms with Crippen LogP contribution in [0.25, 0.3) is 0 Å². The summed E-state index contributed by atoms with van der Waals surface area (Å²) in [5.74, 6) is -2.46. The van der Waals surface area contributed by atoms with Crippen LogP contribution in [-0.2, 0) is 0 Å². The van der Waals surface area contributed by atoms with Crippen LogP contribution in [0.3, 0.4) is 0 Å². The number of hydrogen-bond donors (Lipinski definition) is 2. The minimum absolute atomic E-state index is 0.102. The van der Waals surface area contributed by atoms with Crippen LogP contribution in [0, 0.1) is 0 Å². The van der Waals surface area contributed by atoms with E-state index in [1.807, 2.05) is 0 Å². The molecule has 0 saturated carbocycles. The number of aromatic carboxylic acids is 2. The van der Waals surface area contributed by atoms with E-state index in [0.29, 0.717) is 12.6 Å². The van der Waals surface area contributed by atoms with Gasteiger partial charge in [0.15, 0.2) is 0 Å². The Bertz CT molecular complexity index is 801. The quantitative estimate of drug-likeness (QED) is 0.618. The van der Waals surface area contributed by atoms with E-state index in [2.05, 4.69) is 10.2 Å². The molecule has 0 aliphatic rings. The first-order valence-corrected chi connectivity index (χ1v) is 6.52. The third-order valence-electron chi connectivity index (χ3n) is 2.93. The van der Waals surface area contributed by atoms with Gasteiger partial charge in [-0.25, -0.2) is 9.59 Å². The highest BCUT2D eigenvalue weighted by molar-refractivity contribution is 5.92. The molecule has 2 aromatic carbocycles. The predicted molar refractivity (Wildman–Crippen MR) is 81.8 cm³/mol. The molecule has 0 bridgehead atoms. The highest BCUT2D eigenvalue weighted by Gasteiger charge is 2.08. The van der Waals surface area contributed by atoms with Crippen LogP contribution in [0.2, 0.25) is 0 Å². The normalized spacial score (nSPS) is 10.5. The molecule has 8 nitrogen and oxygen atoms in total. The fraction of sp³-hybridized carbons (Fsp3) is 0. The molecule has 0 spiro atoms. The zero-order valence-corrected chi connectivity index (χ0v) is 12.0. The van der Waals surface area contributed by atoms with Crippen molar-refractivity contribution in [2.24, 2.45) is 10.2 Å². The minimum Gasteiger partial charge on any atom is -0.478 e. The van der Waals surface area contributed by atoms with Crippen molar-refractivity contribution < 1.29 is 29.4 Å². The number of carboxylic acids is 2. The standard InChI is InChI=1S/C16H10N2O6/c19-7-9-1-11(15(21)22)5-13(3-9)17-18-14-4-10(8-20)2-12(6-14)16(23)24/h1-8H,(H,21,22)(H,23,24). The number of aldehydes is 2. The van der Waals surface area contributed by atoms with Crippen molar-refractivity contribution in [3.63, 3.8) is 0 Å². The zero-order chi connectivity index (χ0) is 17.7. The molecular weight excluding hydrogens is 316 g/mol. The molecule has 120 valence electrons. The largest absolute Gasteiger partial charge is 0.478 e. The van der Waals surface area contributed by atoms with E-state index in [0.717, 1.165) is 0 Å². The lowest BCUT2D eigenvalue weighted by atomic mass is 10.1. The van der Waals surface area contributed by atoms with Gasteiger partial charge in [0.05, 0.1) is 22.5 Å². The topological polar surface area (TPSA) is 133 Å². The van der Waals surface area contributed by atoms with Gasteiger partial charge in [-0.15, -0.1) is 0 Å². The molecule has 0 aliphatic carbocycles. The van der Waals surface area contributed by atoms with Crippen molar-refractivity contribution in [2.45, 2.75) is 0 Å². The van der Waals surface area contributed by atoms with Crippen molar-refractivity contribution in [2.75, 3.05) is 0 Å². The number of carboxylic acid groups (broad SMARTS) is 2. The van der Waals surface area contributed by atoms with Crippen molar-refractivity contribution in [1.82, 2.24) is 0 Å². The van der Waals surface area contributed by atoms with Crippen LogP contribution in [0.5, 0.6) is 0 Å². The summed E-state index contributed by atoms with van der Waals surface area (Å²) < 4.78 is 0. The smallest absolute Gasteiger partial charge is 0.335 e. The summed E-state index contributed by atoms with van der Waals surface area (Å²) in [5, 5.41) is 25.6. The lowest BCUT2D eigenvalue weighted by molar-refractivity contribution is 0.0686. The second-order valence-electron chi connectivity index (χ2n) is 4.67. The van der Waals surface area contributed by atoms with Gasteiger partial charge in [0, 0.05) is 11.1 Å². The average Bonchev–Trinajstić information content (AvgIpc) is 2.59. The molecule has 24 heavy (non-hydrogen) atoms. The number of azo groups is 1. The van der Waals surface area contributed by atoms with E-state index in [9.17, 15) is 19.2 Å². The third-order valence-corrected chi connectivity index (χ3v) is 2.93. The monoisotopic (exact) mass is 326 g/mol. The Kier molecular flexibility index (Phi) is 4.90. The lowest BCUT2D eigenvalue weighted by Gasteiger charge is -2.01. The fourth-order valence-electron chi connectivity index (χ4n) is 1.88. The van der Waals surface area contributed by atoms with Gasteiger partial charge in [0.25, 0.3) is 0 Å². The van der Waals surface area contributed by atoms with E-state index >= 15 is 0 Å². The molecule has 8 heteroatoms. The van der Waals surface area contributed by atoms with E-state index < -0.39 is 11.9 Å². The summed E-state index contributed by atoms with van der Waals surface area (Å²) in [5.41, 5.74) is 0.145. The second-order valence-corrected chi connectivity index (χ2v) is 4.67. The SMILES string of the molecule is O=Cc1cc(N=Nc2cc(C=O)cc(C(=O)O)c2)cc(C(=O)O)c1. The Labute approximate surface area is 135 Å². The lowest BCUT2D eigenvalue weighted by Crippen LogP contribution is -1.97. The average molecular weight is 326 g/mol. The van der Waals surface area contributed by atoms with Crippen molar-refractivity contribution in [3.05, 3.63) is 58.7 Å². The van der Waals surface area contributed by atoms with E-state index in [1.54, 1.807) is 0 Å². The van der Waals surface area contributed by atoms with Crippen LogP contribution >= 0.6 is 0 Å². The Morgan fingerprint density at radius 1 is 0.708 bits per heavy atom.